The van der Waals surface area contributed by atoms with Crippen LogP contribution in [0.25, 0.3) is 0 Å². The fourth-order valence-electron chi connectivity index (χ4n) is 1.83. The third-order valence-electron chi connectivity index (χ3n) is 2.72. The molecule has 0 aromatic carbocycles. The minimum absolute atomic E-state index is 0.324. The molecule has 19 heavy (non-hydrogen) atoms. The summed E-state index contributed by atoms with van der Waals surface area (Å²) in [6.45, 7) is 0.677. The Labute approximate surface area is 114 Å². The Morgan fingerprint density at radius 2 is 1.89 bits per heavy atom. The van der Waals surface area contributed by atoms with E-state index >= 15 is 0 Å². The van der Waals surface area contributed by atoms with Crippen molar-refractivity contribution in [1.29, 1.82) is 0 Å². The number of amides is 2. The standard InChI is InChI=1S/C10H17ClN2O6/c1-4(15)12-7-9(18)8(17)5(3-14)19-10(7)13-6(16)2-11/h5,7-10,14,17-18H,2-3H2,1H3,(H,12,15)(H,13,16)/t5-,7-,8-,9-,10-/m1/s1. The van der Waals surface area contributed by atoms with Crippen LogP contribution in [-0.4, -0.2) is 70.2 Å². The molecule has 5 N–H and O–H groups in total. The van der Waals surface area contributed by atoms with E-state index in [4.69, 9.17) is 21.4 Å². The minimum Gasteiger partial charge on any atom is -0.394 e. The predicted octanol–water partition coefficient (Wildman–Crippen LogP) is -2.71. The number of rotatable bonds is 4. The highest BCUT2D eigenvalue weighted by molar-refractivity contribution is 6.27. The smallest absolute Gasteiger partial charge is 0.236 e. The van der Waals surface area contributed by atoms with Crippen LogP contribution in [-0.2, 0) is 14.3 Å². The Hall–Kier alpha value is -0.930. The Balaban J connectivity index is 2.86. The van der Waals surface area contributed by atoms with Gasteiger partial charge in [-0.2, -0.15) is 0 Å². The molecule has 0 aromatic heterocycles. The SMILES string of the molecule is CC(=O)N[C@@H]1[C@@H](O)[C@H](O)[C@@H](CO)O[C@H]1NC(=O)CCl. The van der Waals surface area contributed by atoms with Crippen molar-refractivity contribution in [3.05, 3.63) is 0 Å². The third kappa shape index (κ3) is 4.02. The molecule has 0 saturated carbocycles. The van der Waals surface area contributed by atoms with Gasteiger partial charge in [0.2, 0.25) is 11.8 Å². The lowest BCUT2D eigenvalue weighted by atomic mass is 9.96. The van der Waals surface area contributed by atoms with E-state index in [9.17, 15) is 19.8 Å². The lowest BCUT2D eigenvalue weighted by molar-refractivity contribution is -0.203. The maximum absolute atomic E-state index is 11.3. The molecule has 0 aromatic rings. The van der Waals surface area contributed by atoms with Crippen molar-refractivity contribution in [2.24, 2.45) is 0 Å². The van der Waals surface area contributed by atoms with E-state index < -0.39 is 49.0 Å². The second-order valence-corrected chi connectivity index (χ2v) is 4.45. The van der Waals surface area contributed by atoms with Gasteiger partial charge in [0.15, 0.2) is 6.23 Å². The number of aliphatic hydroxyl groups excluding tert-OH is 3. The average Bonchev–Trinajstić information content (AvgIpc) is 2.37. The summed E-state index contributed by atoms with van der Waals surface area (Å²) in [6, 6.07) is -1.04. The molecule has 0 aliphatic carbocycles. The number of hydrogen-bond acceptors (Lipinski definition) is 6. The van der Waals surface area contributed by atoms with Crippen LogP contribution < -0.4 is 10.6 Å². The molecular weight excluding hydrogens is 280 g/mol. The van der Waals surface area contributed by atoms with Crippen LogP contribution >= 0.6 is 11.6 Å². The lowest BCUT2D eigenvalue weighted by Gasteiger charge is -2.42. The van der Waals surface area contributed by atoms with Gasteiger partial charge in [-0.15, -0.1) is 11.6 Å². The molecule has 110 valence electrons. The first-order chi connectivity index (χ1) is 8.90. The molecule has 1 saturated heterocycles. The van der Waals surface area contributed by atoms with Crippen LogP contribution in [0.2, 0.25) is 0 Å². The van der Waals surface area contributed by atoms with E-state index in [1.807, 2.05) is 0 Å². The van der Waals surface area contributed by atoms with E-state index in [1.54, 1.807) is 0 Å². The van der Waals surface area contributed by atoms with Gasteiger partial charge in [-0.25, -0.2) is 0 Å². The highest BCUT2D eigenvalue weighted by Gasteiger charge is 2.45. The first-order valence-electron chi connectivity index (χ1n) is 5.65. The molecular formula is C10H17ClN2O6. The summed E-state index contributed by atoms with van der Waals surface area (Å²) in [5.74, 6) is -1.36. The number of alkyl halides is 1. The lowest BCUT2D eigenvalue weighted by Crippen LogP contribution is -2.68. The molecule has 1 heterocycles. The largest absolute Gasteiger partial charge is 0.394 e. The summed E-state index contributed by atoms with van der Waals surface area (Å²) in [5, 5.41) is 33.4. The fourth-order valence-corrected chi connectivity index (χ4v) is 1.91. The van der Waals surface area contributed by atoms with Crippen molar-refractivity contribution in [3.63, 3.8) is 0 Å². The Kier molecular flexibility index (Phi) is 5.95. The zero-order chi connectivity index (χ0) is 14.6. The van der Waals surface area contributed by atoms with Gasteiger partial charge in [0.1, 0.15) is 30.2 Å². The summed E-state index contributed by atoms with van der Waals surface area (Å²) in [6.07, 6.45) is -4.94. The second kappa shape index (κ2) is 7.01. The van der Waals surface area contributed by atoms with Crippen LogP contribution in [0.4, 0.5) is 0 Å². The number of ether oxygens (including phenoxy) is 1. The Morgan fingerprint density at radius 1 is 1.26 bits per heavy atom. The van der Waals surface area contributed by atoms with Gasteiger partial charge in [0.05, 0.1) is 6.61 Å². The molecule has 2 amide bonds. The fraction of sp³-hybridized carbons (Fsp3) is 0.800. The van der Waals surface area contributed by atoms with Crippen LogP contribution in [0.15, 0.2) is 0 Å². The summed E-state index contributed by atoms with van der Waals surface area (Å²) in [5.41, 5.74) is 0. The molecule has 1 aliphatic rings. The number of nitrogens with one attached hydrogen (secondary N) is 2. The van der Waals surface area contributed by atoms with Gasteiger partial charge >= 0.3 is 0 Å². The van der Waals surface area contributed by atoms with Crippen molar-refractivity contribution in [3.8, 4) is 0 Å². The molecule has 5 atom stereocenters. The summed E-state index contributed by atoms with van der Waals surface area (Å²) >= 11 is 5.34. The van der Waals surface area contributed by atoms with Crippen molar-refractivity contribution >= 4 is 23.4 Å². The number of hydrogen-bond donors (Lipinski definition) is 5. The van der Waals surface area contributed by atoms with E-state index in [0.717, 1.165) is 0 Å². The molecule has 0 radical (unpaired) electrons. The zero-order valence-corrected chi connectivity index (χ0v) is 11.0. The monoisotopic (exact) mass is 296 g/mol. The van der Waals surface area contributed by atoms with E-state index in [0.29, 0.717) is 0 Å². The molecule has 1 aliphatic heterocycles. The summed E-state index contributed by atoms with van der Waals surface area (Å²) in [4.78, 5) is 22.3. The minimum atomic E-state index is -1.39. The van der Waals surface area contributed by atoms with Crippen LogP contribution in [0, 0.1) is 0 Å². The first-order valence-corrected chi connectivity index (χ1v) is 6.19. The molecule has 0 spiro atoms. The molecule has 1 rings (SSSR count). The maximum atomic E-state index is 11.3. The van der Waals surface area contributed by atoms with Crippen LogP contribution in [0.5, 0.6) is 0 Å². The number of aliphatic hydroxyl groups is 3. The quantitative estimate of drug-likeness (QED) is 0.359. The number of carbonyl (C=O) groups is 2. The Morgan fingerprint density at radius 3 is 2.37 bits per heavy atom. The van der Waals surface area contributed by atoms with Gasteiger partial charge in [-0.05, 0) is 0 Å². The molecule has 8 nitrogen and oxygen atoms in total. The van der Waals surface area contributed by atoms with Crippen LogP contribution in [0.1, 0.15) is 6.92 Å². The van der Waals surface area contributed by atoms with E-state index in [-0.39, 0.29) is 5.88 Å². The highest BCUT2D eigenvalue weighted by Crippen LogP contribution is 2.19. The molecule has 1 fully saturated rings. The first kappa shape index (κ1) is 16.1. The van der Waals surface area contributed by atoms with Gasteiger partial charge in [0, 0.05) is 6.92 Å². The van der Waals surface area contributed by atoms with Crippen molar-refractivity contribution in [2.75, 3.05) is 12.5 Å². The van der Waals surface area contributed by atoms with Gasteiger partial charge in [-0.1, -0.05) is 0 Å². The van der Waals surface area contributed by atoms with E-state index in [2.05, 4.69) is 10.6 Å². The highest BCUT2D eigenvalue weighted by atomic mass is 35.5. The molecule has 0 unspecified atom stereocenters. The zero-order valence-electron chi connectivity index (χ0n) is 10.2. The molecule has 0 bridgehead atoms. The summed E-state index contributed by atoms with van der Waals surface area (Å²) in [7, 11) is 0. The van der Waals surface area contributed by atoms with Gasteiger partial charge in [0.25, 0.3) is 0 Å². The van der Waals surface area contributed by atoms with Crippen molar-refractivity contribution < 1.29 is 29.6 Å². The topological polar surface area (TPSA) is 128 Å². The normalized spacial score (nSPS) is 34.7. The third-order valence-corrected chi connectivity index (χ3v) is 2.96. The van der Waals surface area contributed by atoms with Crippen molar-refractivity contribution in [2.45, 2.75) is 37.5 Å². The number of halogens is 1. The number of carbonyl (C=O) groups excluding carboxylic acids is 2. The summed E-state index contributed by atoms with van der Waals surface area (Å²) < 4.78 is 5.24. The van der Waals surface area contributed by atoms with E-state index in [1.165, 1.54) is 6.92 Å². The second-order valence-electron chi connectivity index (χ2n) is 4.19. The van der Waals surface area contributed by atoms with Crippen molar-refractivity contribution in [1.82, 2.24) is 10.6 Å². The average molecular weight is 297 g/mol. The maximum Gasteiger partial charge on any atom is 0.236 e. The Bertz CT molecular complexity index is 342. The predicted molar refractivity (Wildman–Crippen MR) is 64.2 cm³/mol. The van der Waals surface area contributed by atoms with Gasteiger partial charge in [-0.3, -0.25) is 9.59 Å². The van der Waals surface area contributed by atoms with Crippen LogP contribution in [0.3, 0.4) is 0 Å². The van der Waals surface area contributed by atoms with Gasteiger partial charge < -0.3 is 30.7 Å². The molecule has 9 heteroatoms.